The van der Waals surface area contributed by atoms with Crippen molar-refractivity contribution in [2.45, 2.75) is 88.4 Å². The van der Waals surface area contributed by atoms with Crippen molar-refractivity contribution in [1.82, 2.24) is 25.7 Å². The molecule has 2 aromatic rings. The van der Waals surface area contributed by atoms with E-state index < -0.39 is 17.4 Å². The van der Waals surface area contributed by atoms with E-state index in [9.17, 15) is 14.4 Å². The Bertz CT molecular complexity index is 1100. The maximum Gasteiger partial charge on any atom is 0.286 e. The monoisotopic (exact) mass is 565 g/mol. The first kappa shape index (κ1) is 31.8. The quantitative estimate of drug-likeness (QED) is 0.302. The smallest absolute Gasteiger partial charge is 0.286 e. The number of amides is 2. The summed E-state index contributed by atoms with van der Waals surface area (Å²) in [5, 5.41) is 14.4. The minimum atomic E-state index is -1.09. The second-order valence-electron chi connectivity index (χ2n) is 10.6. The summed E-state index contributed by atoms with van der Waals surface area (Å²) in [6.45, 7) is 8.39. The molecule has 0 unspecified atom stereocenters. The molecule has 1 aliphatic rings. The van der Waals surface area contributed by atoms with Crippen LogP contribution in [0.15, 0.2) is 33.9 Å². The SMILES string of the molecule is CC(C)Sc1nnc(C(=O)[C@@H](NC(=O)C2(NC(=O)c3cccc(CN(C)C)c3)CCCCC2)C(C)C)o1.Cl. The normalized spacial score (nSPS) is 15.7. The van der Waals surface area contributed by atoms with Crippen LogP contribution in [0, 0.1) is 5.92 Å². The lowest BCUT2D eigenvalue weighted by atomic mass is 9.80. The van der Waals surface area contributed by atoms with Gasteiger partial charge in [-0.2, -0.15) is 0 Å². The van der Waals surface area contributed by atoms with Crippen molar-refractivity contribution in [2.24, 2.45) is 5.92 Å². The minimum absolute atomic E-state index is 0. The molecule has 1 atom stereocenters. The van der Waals surface area contributed by atoms with Gasteiger partial charge in [0.25, 0.3) is 17.0 Å². The standard InChI is InChI=1S/C27H39N5O4S.ClH/c1-17(2)21(22(33)24-30-31-26(36-24)37-18(3)4)28-25(35)27(13-8-7-9-14-27)29-23(34)20-12-10-11-19(15-20)16-32(5)6;/h10-12,15,17-18,21H,7-9,13-14,16H2,1-6H3,(H,28,35)(H,29,34);1H/t21-;/m0./s1. The van der Waals surface area contributed by atoms with Crippen LogP contribution in [0.5, 0.6) is 0 Å². The van der Waals surface area contributed by atoms with Gasteiger partial charge in [-0.3, -0.25) is 14.4 Å². The Morgan fingerprint density at radius 1 is 1.08 bits per heavy atom. The highest BCUT2D eigenvalue weighted by Crippen LogP contribution is 2.30. The average Bonchev–Trinajstić information content (AvgIpc) is 3.30. The van der Waals surface area contributed by atoms with E-state index in [1.54, 1.807) is 6.07 Å². The Labute approximate surface area is 235 Å². The van der Waals surface area contributed by atoms with E-state index in [1.165, 1.54) is 11.8 Å². The number of rotatable bonds is 11. The third kappa shape index (κ3) is 8.28. The van der Waals surface area contributed by atoms with Crippen LogP contribution in [0.1, 0.15) is 86.4 Å². The number of carbonyl (C=O) groups excluding carboxylic acids is 3. The number of halogens is 1. The molecule has 11 heteroatoms. The number of ketones is 1. The van der Waals surface area contributed by atoms with Crippen molar-refractivity contribution in [1.29, 1.82) is 0 Å². The number of nitrogens with zero attached hydrogens (tertiary/aromatic N) is 3. The van der Waals surface area contributed by atoms with E-state index in [0.29, 0.717) is 30.2 Å². The second kappa shape index (κ2) is 14.1. The molecule has 38 heavy (non-hydrogen) atoms. The molecule has 1 aromatic heterocycles. The second-order valence-corrected chi connectivity index (χ2v) is 12.2. The molecule has 0 radical (unpaired) electrons. The molecule has 0 spiro atoms. The van der Waals surface area contributed by atoms with Gasteiger partial charge in [0.05, 0.1) is 6.04 Å². The molecule has 210 valence electrons. The van der Waals surface area contributed by atoms with Gasteiger partial charge in [-0.15, -0.1) is 22.6 Å². The predicted octanol–water partition coefficient (Wildman–Crippen LogP) is 4.51. The van der Waals surface area contributed by atoms with Gasteiger partial charge in [0, 0.05) is 17.4 Å². The summed E-state index contributed by atoms with van der Waals surface area (Å²) in [6, 6.07) is 6.58. The van der Waals surface area contributed by atoms with E-state index in [2.05, 4.69) is 20.8 Å². The zero-order valence-electron chi connectivity index (χ0n) is 23.1. The number of aromatic nitrogens is 2. The van der Waals surface area contributed by atoms with Crippen molar-refractivity contribution in [3.05, 3.63) is 41.3 Å². The first-order valence-electron chi connectivity index (χ1n) is 12.9. The van der Waals surface area contributed by atoms with Crippen molar-refractivity contribution >= 4 is 41.8 Å². The molecule has 0 aliphatic heterocycles. The number of thioether (sulfide) groups is 1. The average molecular weight is 566 g/mol. The summed E-state index contributed by atoms with van der Waals surface area (Å²) < 4.78 is 5.57. The maximum absolute atomic E-state index is 13.7. The fraction of sp³-hybridized carbons (Fsp3) is 0.593. The van der Waals surface area contributed by atoms with Crippen LogP contribution in [0.2, 0.25) is 0 Å². The number of Topliss-reactive ketones (excluding diaryl/α,β-unsaturated/α-hetero) is 1. The highest BCUT2D eigenvalue weighted by atomic mass is 35.5. The summed E-state index contributed by atoms with van der Waals surface area (Å²) in [5.74, 6) is -1.42. The van der Waals surface area contributed by atoms with Crippen molar-refractivity contribution in [3.63, 3.8) is 0 Å². The molecule has 1 fully saturated rings. The number of carbonyl (C=O) groups is 3. The molecule has 1 saturated carbocycles. The van der Waals surface area contributed by atoms with Crippen molar-refractivity contribution < 1.29 is 18.8 Å². The molecule has 9 nitrogen and oxygen atoms in total. The van der Waals surface area contributed by atoms with Gasteiger partial charge in [-0.1, -0.05) is 70.9 Å². The van der Waals surface area contributed by atoms with Crippen molar-refractivity contribution in [2.75, 3.05) is 14.1 Å². The van der Waals surface area contributed by atoms with Crippen LogP contribution in [-0.2, 0) is 11.3 Å². The topological polar surface area (TPSA) is 117 Å². The zero-order chi connectivity index (χ0) is 27.2. The largest absolute Gasteiger partial charge is 0.408 e. The van der Waals surface area contributed by atoms with E-state index >= 15 is 0 Å². The lowest BCUT2D eigenvalue weighted by molar-refractivity contribution is -0.129. The molecule has 2 amide bonds. The Morgan fingerprint density at radius 3 is 2.37 bits per heavy atom. The fourth-order valence-electron chi connectivity index (χ4n) is 4.54. The van der Waals surface area contributed by atoms with Gasteiger partial charge in [0.2, 0.25) is 11.7 Å². The Kier molecular flexibility index (Phi) is 11.8. The van der Waals surface area contributed by atoms with Crippen LogP contribution in [0.4, 0.5) is 0 Å². The van der Waals surface area contributed by atoms with Crippen LogP contribution >= 0.6 is 24.2 Å². The van der Waals surface area contributed by atoms with Gasteiger partial charge in [0.15, 0.2) is 0 Å². The lowest BCUT2D eigenvalue weighted by Gasteiger charge is -2.38. The van der Waals surface area contributed by atoms with E-state index in [1.807, 2.05) is 64.9 Å². The minimum Gasteiger partial charge on any atom is -0.408 e. The maximum atomic E-state index is 13.7. The number of hydrogen-bond acceptors (Lipinski definition) is 8. The van der Waals surface area contributed by atoms with Gasteiger partial charge in [-0.05, 0) is 50.6 Å². The van der Waals surface area contributed by atoms with Crippen LogP contribution in [0.3, 0.4) is 0 Å². The van der Waals surface area contributed by atoms with Gasteiger partial charge in [-0.25, -0.2) is 0 Å². The van der Waals surface area contributed by atoms with Crippen molar-refractivity contribution in [3.8, 4) is 0 Å². The predicted molar refractivity (Wildman–Crippen MR) is 151 cm³/mol. The molecule has 0 bridgehead atoms. The molecule has 0 saturated heterocycles. The van der Waals surface area contributed by atoms with Crippen LogP contribution in [-0.4, -0.2) is 63.6 Å². The molecule has 2 N–H and O–H groups in total. The third-order valence-electron chi connectivity index (χ3n) is 6.37. The molecule has 3 rings (SSSR count). The molecular formula is C27H40ClN5O4S. The summed E-state index contributed by atoms with van der Waals surface area (Å²) in [5.41, 5.74) is 0.433. The summed E-state index contributed by atoms with van der Waals surface area (Å²) in [6.07, 6.45) is 3.64. The van der Waals surface area contributed by atoms with E-state index in [0.717, 1.165) is 24.8 Å². The van der Waals surface area contributed by atoms with E-state index in [4.69, 9.17) is 4.42 Å². The Balaban J connectivity index is 0.00000507. The lowest BCUT2D eigenvalue weighted by Crippen LogP contribution is -2.62. The first-order chi connectivity index (χ1) is 17.5. The Morgan fingerprint density at radius 2 is 1.76 bits per heavy atom. The fourth-order valence-corrected chi connectivity index (χ4v) is 5.15. The summed E-state index contributed by atoms with van der Waals surface area (Å²) >= 11 is 1.37. The highest BCUT2D eigenvalue weighted by Gasteiger charge is 2.43. The van der Waals surface area contributed by atoms with Crippen LogP contribution < -0.4 is 10.6 Å². The number of nitrogens with one attached hydrogen (secondary N) is 2. The van der Waals surface area contributed by atoms with Gasteiger partial charge < -0.3 is 20.0 Å². The number of benzene rings is 1. The molecular weight excluding hydrogens is 526 g/mol. The highest BCUT2D eigenvalue weighted by molar-refractivity contribution is 7.99. The zero-order valence-corrected chi connectivity index (χ0v) is 24.7. The van der Waals surface area contributed by atoms with Gasteiger partial charge >= 0.3 is 0 Å². The summed E-state index contributed by atoms with van der Waals surface area (Å²) in [4.78, 5) is 42.4. The van der Waals surface area contributed by atoms with Gasteiger partial charge in [0.1, 0.15) is 5.54 Å². The third-order valence-corrected chi connectivity index (χ3v) is 7.21. The Hall–Kier alpha value is -2.43. The van der Waals surface area contributed by atoms with Crippen LogP contribution in [0.25, 0.3) is 0 Å². The summed E-state index contributed by atoms with van der Waals surface area (Å²) in [7, 11) is 3.94. The van der Waals surface area contributed by atoms with E-state index in [-0.39, 0.29) is 41.3 Å². The molecule has 1 heterocycles. The molecule has 1 aromatic carbocycles. The molecule has 1 aliphatic carbocycles. The number of hydrogen-bond donors (Lipinski definition) is 2. The first-order valence-corrected chi connectivity index (χ1v) is 13.8.